The molecule has 0 aliphatic heterocycles. The molecule has 0 heterocycles. The van der Waals surface area contributed by atoms with Crippen LogP contribution in [0.3, 0.4) is 0 Å². The van der Waals surface area contributed by atoms with E-state index in [0.717, 1.165) is 6.42 Å². The van der Waals surface area contributed by atoms with Gasteiger partial charge in [0, 0.05) is 0 Å². The van der Waals surface area contributed by atoms with E-state index in [0.29, 0.717) is 7.25 Å². The summed E-state index contributed by atoms with van der Waals surface area (Å²) in [6.07, 6.45) is 3.76. The zero-order valence-electron chi connectivity index (χ0n) is 23.2. The Kier molecular flexibility index (Phi) is 8.74. The molecule has 0 spiro atoms. The predicted octanol–water partition coefficient (Wildman–Crippen LogP) is 3.73. The van der Waals surface area contributed by atoms with Crippen LogP contribution in [0.25, 0.3) is 39.1 Å². The Hall–Kier alpha value is -2.22. The molecule has 0 N–H and O–H groups in total. The zero-order valence-corrected chi connectivity index (χ0v) is 28.3. The molecule has 2 aliphatic rings. The number of benzene rings is 5. The molecule has 0 saturated carbocycles. The van der Waals surface area contributed by atoms with Gasteiger partial charge in [-0.2, -0.15) is 0 Å². The van der Waals surface area contributed by atoms with E-state index in [2.05, 4.69) is 135 Å². The molecule has 0 nitrogen and oxygen atoms in total. The molecular formula is C36H33Cl2SiZr. The summed E-state index contributed by atoms with van der Waals surface area (Å²) >= 11 is -2.09. The largest absolute Gasteiger partial charge is 1.00 e. The molecule has 0 bridgehead atoms. The van der Waals surface area contributed by atoms with Crippen LogP contribution >= 0.6 is 0 Å². The maximum atomic E-state index is 2.66. The van der Waals surface area contributed by atoms with Gasteiger partial charge >= 0.3 is 237 Å². The summed E-state index contributed by atoms with van der Waals surface area (Å²) in [7, 11) is 0. The fourth-order valence-corrected chi connectivity index (χ4v) is 29.9. The molecule has 0 amide bonds. The first-order valence-corrected chi connectivity index (χ1v) is 24.0. The van der Waals surface area contributed by atoms with E-state index in [-0.39, 0.29) is 24.8 Å². The summed E-state index contributed by atoms with van der Waals surface area (Å²) in [5.41, 5.74) is 13.8. The van der Waals surface area contributed by atoms with Gasteiger partial charge in [0.25, 0.3) is 0 Å². The summed E-state index contributed by atoms with van der Waals surface area (Å²) in [4.78, 5) is 0. The van der Waals surface area contributed by atoms with E-state index in [1.165, 1.54) is 38.6 Å². The molecular weight excluding hydrogens is 623 g/mol. The Morgan fingerprint density at radius 3 is 1.77 bits per heavy atom. The van der Waals surface area contributed by atoms with E-state index in [1.807, 2.05) is 0 Å². The number of rotatable bonds is 5. The van der Waals surface area contributed by atoms with Gasteiger partial charge in [-0.25, -0.2) is 0 Å². The Morgan fingerprint density at radius 2 is 1.10 bits per heavy atom. The maximum absolute atomic E-state index is 2.66. The van der Waals surface area contributed by atoms with E-state index in [1.54, 1.807) is 22.3 Å². The van der Waals surface area contributed by atoms with Gasteiger partial charge in [0.2, 0.25) is 0 Å². The average Bonchev–Trinajstić information content (AvgIpc) is 3.49. The van der Waals surface area contributed by atoms with Crippen LogP contribution in [0, 0.1) is 0 Å². The standard InChI is InChI=1S/C21H17.C13H9.C2H7Si.2ClH.Zr/c1-2-15-13-17-9-6-12-20(21(17)14-15)19-11-5-8-16-7-3-4-10-18(16)19;1-3-7-12-10(5-1)9-11-6-2-4-8-13(11)12;1-3-2;;;/h3-14H,2H2,1H3;1-9H;3H,1-2H3;2*1H;/q;;;;;+2/p-2. The first-order valence-electron chi connectivity index (χ1n) is 14.0. The van der Waals surface area contributed by atoms with Crippen molar-refractivity contribution in [1.29, 1.82) is 0 Å². The monoisotopic (exact) mass is 653 g/mol. The van der Waals surface area contributed by atoms with Gasteiger partial charge in [0.15, 0.2) is 0 Å². The minimum Gasteiger partial charge on any atom is -1.00 e. The average molecular weight is 656 g/mol. The molecule has 5 aromatic rings. The Morgan fingerprint density at radius 1 is 0.575 bits per heavy atom. The van der Waals surface area contributed by atoms with Gasteiger partial charge in [-0.3, -0.25) is 0 Å². The number of allylic oxidation sites excluding steroid dienone is 1. The van der Waals surface area contributed by atoms with Crippen molar-refractivity contribution in [3.63, 3.8) is 0 Å². The van der Waals surface area contributed by atoms with Crippen molar-refractivity contribution in [3.05, 3.63) is 137 Å². The normalized spacial score (nSPS) is 15.1. The second-order valence-electron chi connectivity index (χ2n) is 11.1. The van der Waals surface area contributed by atoms with Crippen molar-refractivity contribution < 1.29 is 45.7 Å². The third-order valence-corrected chi connectivity index (χ3v) is 30.4. The van der Waals surface area contributed by atoms with Crippen molar-refractivity contribution in [1.82, 2.24) is 0 Å². The molecule has 5 aromatic carbocycles. The Balaban J connectivity index is 0.00000161. The van der Waals surface area contributed by atoms with E-state index in [9.17, 15) is 0 Å². The molecule has 40 heavy (non-hydrogen) atoms. The fourth-order valence-electron chi connectivity index (χ4n) is 7.21. The summed E-state index contributed by atoms with van der Waals surface area (Å²) in [5, 5.41) is 2.68. The molecule has 2 aliphatic carbocycles. The molecule has 0 aromatic heterocycles. The van der Waals surface area contributed by atoms with Crippen molar-refractivity contribution >= 4 is 22.8 Å². The smallest absolute Gasteiger partial charge is 1.00 e. The van der Waals surface area contributed by atoms with Gasteiger partial charge < -0.3 is 24.8 Å². The first-order chi connectivity index (χ1) is 18.7. The molecule has 0 fully saturated rings. The van der Waals surface area contributed by atoms with Gasteiger partial charge in [0.05, 0.1) is 0 Å². The quantitative estimate of drug-likeness (QED) is 0.254. The third-order valence-electron chi connectivity index (χ3n) is 8.81. The van der Waals surface area contributed by atoms with Crippen molar-refractivity contribution in [2.24, 2.45) is 0 Å². The number of fused-ring (bicyclic) bond motifs is 5. The predicted molar refractivity (Wildman–Crippen MR) is 163 cm³/mol. The number of hydrogen-bond acceptors (Lipinski definition) is 0. The van der Waals surface area contributed by atoms with Gasteiger partial charge in [-0.05, 0) is 0 Å². The van der Waals surface area contributed by atoms with Gasteiger partial charge in [0.1, 0.15) is 0 Å². The molecule has 7 rings (SSSR count). The van der Waals surface area contributed by atoms with Crippen LogP contribution in [0.4, 0.5) is 0 Å². The van der Waals surface area contributed by atoms with Gasteiger partial charge in [-0.1, -0.05) is 0 Å². The molecule has 0 saturated heterocycles. The van der Waals surface area contributed by atoms with E-state index in [4.69, 9.17) is 0 Å². The second-order valence-corrected chi connectivity index (χ2v) is 31.2. The summed E-state index contributed by atoms with van der Waals surface area (Å²) in [6, 6.07) is 41.5. The fraction of sp³-hybridized carbons (Fsp3) is 0.167. The summed E-state index contributed by atoms with van der Waals surface area (Å²) < 4.78 is 1.33. The topological polar surface area (TPSA) is 0 Å². The van der Waals surface area contributed by atoms with Crippen molar-refractivity contribution in [3.8, 4) is 22.3 Å². The van der Waals surface area contributed by atoms with Crippen LogP contribution in [-0.4, -0.2) is 5.92 Å². The minimum atomic E-state index is -2.09. The first kappa shape index (κ1) is 29.3. The number of halogens is 2. The molecule has 0 radical (unpaired) electrons. The third kappa shape index (κ3) is 4.62. The van der Waals surface area contributed by atoms with Crippen LogP contribution in [0.5, 0.6) is 0 Å². The second kappa shape index (κ2) is 11.9. The summed E-state index contributed by atoms with van der Waals surface area (Å²) in [5.74, 6) is -0.895. The van der Waals surface area contributed by atoms with Crippen LogP contribution in [0.15, 0.2) is 115 Å². The van der Waals surface area contributed by atoms with Crippen LogP contribution < -0.4 is 24.8 Å². The molecule has 1 unspecified atom stereocenters. The van der Waals surface area contributed by atoms with E-state index < -0.39 is 26.8 Å². The Bertz CT molecular complexity index is 1670. The van der Waals surface area contributed by atoms with Crippen LogP contribution in [0.1, 0.15) is 42.8 Å². The van der Waals surface area contributed by atoms with Crippen LogP contribution in [-0.2, 0) is 20.9 Å². The molecule has 1 atom stereocenters. The number of hydrogen-bond donors (Lipinski definition) is 0. The van der Waals surface area contributed by atoms with Crippen molar-refractivity contribution in [2.75, 3.05) is 0 Å². The summed E-state index contributed by atoms with van der Waals surface area (Å²) in [6.45, 7) is 7.72. The minimum absolute atomic E-state index is 0. The van der Waals surface area contributed by atoms with Crippen molar-refractivity contribution in [2.45, 2.75) is 33.7 Å². The molecule has 199 valence electrons. The zero-order chi connectivity index (χ0) is 25.8. The maximum Gasteiger partial charge on any atom is -1.00 e. The van der Waals surface area contributed by atoms with Crippen LogP contribution in [0.2, 0.25) is 13.1 Å². The van der Waals surface area contributed by atoms with E-state index >= 15 is 0 Å². The molecule has 4 heteroatoms. The van der Waals surface area contributed by atoms with Gasteiger partial charge in [-0.15, -0.1) is 0 Å². The Labute approximate surface area is 259 Å². The SMILES string of the molecule is CCC1=Cc2c(-c3cccc4ccccc34)cccc2[CH]1[Zr+2]([CH]1c2ccccc2-c2ccccc21)[SiH](C)C.[Cl-].[Cl-].